The van der Waals surface area contributed by atoms with Crippen molar-refractivity contribution in [1.82, 2.24) is 9.78 Å². The first kappa shape index (κ1) is 15.1. The Hall–Kier alpha value is -2.28. The van der Waals surface area contributed by atoms with E-state index in [-0.39, 0.29) is 5.56 Å². The highest BCUT2D eigenvalue weighted by atomic mass is 32.2. The van der Waals surface area contributed by atoms with E-state index in [9.17, 15) is 14.7 Å². The van der Waals surface area contributed by atoms with Crippen LogP contribution in [0.25, 0.3) is 5.69 Å². The molecular formula is C14H14N2O4S. The van der Waals surface area contributed by atoms with Crippen LogP contribution in [0.3, 0.4) is 0 Å². The number of benzene rings is 1. The maximum absolute atomic E-state index is 11.4. The van der Waals surface area contributed by atoms with Crippen LogP contribution >= 0.6 is 11.8 Å². The van der Waals surface area contributed by atoms with Crippen molar-refractivity contribution in [3.8, 4) is 5.69 Å². The van der Waals surface area contributed by atoms with Gasteiger partial charge in [-0.1, -0.05) is 6.92 Å². The Bertz CT molecular complexity index is 664. The first-order valence-electron chi connectivity index (χ1n) is 6.21. The van der Waals surface area contributed by atoms with Gasteiger partial charge >= 0.3 is 11.9 Å². The van der Waals surface area contributed by atoms with Crippen LogP contribution in [0.1, 0.15) is 27.6 Å². The summed E-state index contributed by atoms with van der Waals surface area (Å²) >= 11 is 1.40. The minimum atomic E-state index is -1.01. The molecule has 0 bridgehead atoms. The summed E-state index contributed by atoms with van der Waals surface area (Å²) in [6, 6.07) is 6.63. The summed E-state index contributed by atoms with van der Waals surface area (Å²) < 4.78 is 6.19. The lowest BCUT2D eigenvalue weighted by atomic mass is 10.2. The van der Waals surface area contributed by atoms with Gasteiger partial charge < -0.3 is 9.84 Å². The van der Waals surface area contributed by atoms with Crippen LogP contribution in [0.4, 0.5) is 0 Å². The minimum Gasteiger partial charge on any atom is -0.478 e. The number of carboxylic acids is 1. The molecular weight excluding hydrogens is 292 g/mol. The standard InChI is InChI=1S/C14H14N2O4S/c1-3-21-12-11(13(17)18)8-15-16(12)10-6-4-9(5-7-10)14(19)20-2/h4-8H,3H2,1-2H3,(H,17,18). The number of hydrogen-bond donors (Lipinski definition) is 1. The molecule has 7 heteroatoms. The number of carboxylic acid groups (broad SMARTS) is 1. The van der Waals surface area contributed by atoms with Gasteiger partial charge in [0.25, 0.3) is 0 Å². The predicted molar refractivity (Wildman–Crippen MR) is 78.3 cm³/mol. The van der Waals surface area contributed by atoms with Gasteiger partial charge in [-0.05, 0) is 30.0 Å². The number of rotatable bonds is 5. The molecule has 21 heavy (non-hydrogen) atoms. The third kappa shape index (κ3) is 3.08. The molecule has 0 atom stereocenters. The molecule has 0 aliphatic carbocycles. The maximum Gasteiger partial charge on any atom is 0.340 e. The van der Waals surface area contributed by atoms with Crippen molar-refractivity contribution in [2.45, 2.75) is 11.9 Å². The summed E-state index contributed by atoms with van der Waals surface area (Å²) in [5.74, 6) is -0.702. The average Bonchev–Trinajstić information content (AvgIpc) is 2.91. The molecule has 0 unspecified atom stereocenters. The third-order valence-corrected chi connectivity index (χ3v) is 3.72. The number of carbonyl (C=O) groups excluding carboxylic acids is 1. The SMILES string of the molecule is CCSc1c(C(=O)O)cnn1-c1ccc(C(=O)OC)cc1. The molecule has 0 radical (unpaired) electrons. The van der Waals surface area contributed by atoms with E-state index in [2.05, 4.69) is 9.84 Å². The third-order valence-electron chi connectivity index (χ3n) is 2.77. The van der Waals surface area contributed by atoms with E-state index in [0.29, 0.717) is 16.3 Å². The highest BCUT2D eigenvalue weighted by Gasteiger charge is 2.18. The van der Waals surface area contributed by atoms with Gasteiger partial charge in [0, 0.05) is 0 Å². The molecule has 2 aromatic rings. The Balaban J connectivity index is 2.42. The van der Waals surface area contributed by atoms with E-state index in [4.69, 9.17) is 0 Å². The number of hydrogen-bond acceptors (Lipinski definition) is 5. The number of carbonyl (C=O) groups is 2. The summed E-state index contributed by atoms with van der Waals surface area (Å²) in [5.41, 5.74) is 1.28. The van der Waals surface area contributed by atoms with E-state index >= 15 is 0 Å². The van der Waals surface area contributed by atoms with Crippen molar-refractivity contribution in [1.29, 1.82) is 0 Å². The Morgan fingerprint density at radius 3 is 2.52 bits per heavy atom. The first-order valence-corrected chi connectivity index (χ1v) is 7.20. The summed E-state index contributed by atoms with van der Waals surface area (Å²) in [7, 11) is 1.32. The van der Waals surface area contributed by atoms with Gasteiger partial charge in [0.15, 0.2) is 0 Å². The summed E-state index contributed by atoms with van der Waals surface area (Å²) in [6.45, 7) is 1.94. The fraction of sp³-hybridized carbons (Fsp3) is 0.214. The molecule has 0 fully saturated rings. The van der Waals surface area contributed by atoms with Gasteiger partial charge in [-0.25, -0.2) is 14.3 Å². The number of methoxy groups -OCH3 is 1. The van der Waals surface area contributed by atoms with E-state index in [1.807, 2.05) is 6.92 Å². The molecule has 6 nitrogen and oxygen atoms in total. The molecule has 0 saturated carbocycles. The number of aromatic nitrogens is 2. The lowest BCUT2D eigenvalue weighted by Crippen LogP contribution is -2.04. The van der Waals surface area contributed by atoms with Gasteiger partial charge in [0.1, 0.15) is 10.6 Å². The highest BCUT2D eigenvalue weighted by molar-refractivity contribution is 7.99. The van der Waals surface area contributed by atoms with E-state index < -0.39 is 11.9 Å². The van der Waals surface area contributed by atoms with Crippen molar-refractivity contribution in [2.24, 2.45) is 0 Å². The zero-order valence-corrected chi connectivity index (χ0v) is 12.4. The van der Waals surface area contributed by atoms with Crippen molar-refractivity contribution in [3.63, 3.8) is 0 Å². The van der Waals surface area contributed by atoms with E-state index in [1.54, 1.807) is 28.9 Å². The zero-order valence-electron chi connectivity index (χ0n) is 11.6. The summed E-state index contributed by atoms with van der Waals surface area (Å²) in [4.78, 5) is 22.6. The Kier molecular flexibility index (Phi) is 4.64. The lowest BCUT2D eigenvalue weighted by Gasteiger charge is -2.08. The van der Waals surface area contributed by atoms with Crippen LogP contribution in [0.15, 0.2) is 35.5 Å². The normalized spacial score (nSPS) is 10.4. The molecule has 0 saturated heterocycles. The van der Waals surface area contributed by atoms with Crippen LogP contribution in [-0.4, -0.2) is 39.7 Å². The second-order valence-corrected chi connectivity index (χ2v) is 5.30. The van der Waals surface area contributed by atoms with Crippen LogP contribution in [0.2, 0.25) is 0 Å². The zero-order chi connectivity index (χ0) is 15.4. The fourth-order valence-corrected chi connectivity index (χ4v) is 2.64. The Labute approximate surface area is 125 Å². The number of aromatic carboxylic acids is 1. The smallest absolute Gasteiger partial charge is 0.340 e. The first-order chi connectivity index (χ1) is 10.1. The molecule has 0 aliphatic heterocycles. The number of thioether (sulfide) groups is 1. The van der Waals surface area contributed by atoms with Crippen molar-refractivity contribution >= 4 is 23.7 Å². The van der Waals surface area contributed by atoms with Crippen molar-refractivity contribution in [3.05, 3.63) is 41.6 Å². The molecule has 1 heterocycles. The fourth-order valence-electron chi connectivity index (χ4n) is 1.80. The molecule has 1 aromatic heterocycles. The summed E-state index contributed by atoms with van der Waals surface area (Å²) in [6.07, 6.45) is 1.33. The largest absolute Gasteiger partial charge is 0.478 e. The van der Waals surface area contributed by atoms with Crippen LogP contribution < -0.4 is 0 Å². The molecule has 0 spiro atoms. The van der Waals surface area contributed by atoms with Gasteiger partial charge in [-0.3, -0.25) is 0 Å². The topological polar surface area (TPSA) is 81.4 Å². The van der Waals surface area contributed by atoms with E-state index in [0.717, 1.165) is 5.75 Å². The second-order valence-electron chi connectivity index (χ2n) is 4.05. The van der Waals surface area contributed by atoms with Gasteiger partial charge in [-0.2, -0.15) is 5.10 Å². The van der Waals surface area contributed by atoms with Gasteiger partial charge in [0.2, 0.25) is 0 Å². The number of nitrogens with zero attached hydrogens (tertiary/aromatic N) is 2. The molecule has 0 amide bonds. The molecule has 110 valence electrons. The predicted octanol–water partition coefficient (Wildman–Crippen LogP) is 2.47. The highest BCUT2D eigenvalue weighted by Crippen LogP contribution is 2.25. The summed E-state index contributed by atoms with van der Waals surface area (Å²) in [5, 5.41) is 13.9. The lowest BCUT2D eigenvalue weighted by molar-refractivity contribution is 0.0600. The van der Waals surface area contributed by atoms with Gasteiger partial charge in [-0.15, -0.1) is 11.8 Å². The molecule has 1 N–H and O–H groups in total. The van der Waals surface area contributed by atoms with Crippen LogP contribution in [0.5, 0.6) is 0 Å². The minimum absolute atomic E-state index is 0.166. The molecule has 0 aliphatic rings. The van der Waals surface area contributed by atoms with Gasteiger partial charge in [0.05, 0.1) is 24.6 Å². The van der Waals surface area contributed by atoms with Crippen molar-refractivity contribution < 1.29 is 19.4 Å². The van der Waals surface area contributed by atoms with Crippen LogP contribution in [-0.2, 0) is 4.74 Å². The van der Waals surface area contributed by atoms with E-state index in [1.165, 1.54) is 25.1 Å². The molecule has 2 rings (SSSR count). The molecule has 1 aromatic carbocycles. The maximum atomic E-state index is 11.4. The Morgan fingerprint density at radius 2 is 2.00 bits per heavy atom. The Morgan fingerprint density at radius 1 is 1.33 bits per heavy atom. The second kappa shape index (κ2) is 6.45. The number of esters is 1. The van der Waals surface area contributed by atoms with Crippen molar-refractivity contribution in [2.75, 3.05) is 12.9 Å². The van der Waals surface area contributed by atoms with Crippen LogP contribution in [0, 0.1) is 0 Å². The monoisotopic (exact) mass is 306 g/mol. The number of ether oxygens (including phenoxy) is 1. The quantitative estimate of drug-likeness (QED) is 0.675. The average molecular weight is 306 g/mol.